The van der Waals surface area contributed by atoms with Gasteiger partial charge in [0.05, 0.1) is 11.8 Å². The van der Waals surface area contributed by atoms with Gasteiger partial charge in [-0.25, -0.2) is 14.8 Å². The molecule has 3 heterocycles. The Labute approximate surface area is 260 Å². The second-order valence-corrected chi connectivity index (χ2v) is 12.2. The molecule has 4 aromatic rings. The van der Waals surface area contributed by atoms with Crippen molar-refractivity contribution in [3.8, 4) is 23.3 Å². The van der Waals surface area contributed by atoms with Crippen molar-refractivity contribution in [2.24, 2.45) is 0 Å². The van der Waals surface area contributed by atoms with Crippen LogP contribution in [0.4, 0.5) is 5.82 Å². The summed E-state index contributed by atoms with van der Waals surface area (Å²) >= 11 is 0. The lowest BCUT2D eigenvalue weighted by molar-refractivity contribution is -0.118. The smallest absolute Gasteiger partial charge is 0.335 e. The van der Waals surface area contributed by atoms with Crippen LogP contribution in [0, 0.1) is 11.3 Å². The summed E-state index contributed by atoms with van der Waals surface area (Å²) in [5.41, 5.74) is 7.05. The predicted molar refractivity (Wildman–Crippen MR) is 169 cm³/mol. The summed E-state index contributed by atoms with van der Waals surface area (Å²) in [6.45, 7) is 4.86. The number of aliphatic hydroxyl groups excluding tert-OH is 1. The van der Waals surface area contributed by atoms with Gasteiger partial charge < -0.3 is 20.9 Å². The van der Waals surface area contributed by atoms with E-state index in [0.29, 0.717) is 67.1 Å². The van der Waals surface area contributed by atoms with Crippen LogP contribution in [0.1, 0.15) is 45.6 Å². The van der Waals surface area contributed by atoms with E-state index in [-0.39, 0.29) is 35.3 Å². The molecule has 2 fully saturated rings. The number of nitrogens with one attached hydrogen (secondary N) is 1. The van der Waals surface area contributed by atoms with Crippen LogP contribution >= 0.6 is 0 Å². The lowest BCUT2D eigenvalue weighted by Gasteiger charge is -2.46. The van der Waals surface area contributed by atoms with Crippen LogP contribution in [0.15, 0.2) is 77.4 Å². The number of β-amino-alcohol motifs (C(OH)–C–C–N with tert-alkyl or cyclic N) is 1. The van der Waals surface area contributed by atoms with Gasteiger partial charge in [0.1, 0.15) is 35.0 Å². The maximum Gasteiger partial charge on any atom is 0.335 e. The van der Waals surface area contributed by atoms with Crippen LogP contribution < -0.4 is 21.5 Å². The molecule has 4 N–H and O–H groups in total. The van der Waals surface area contributed by atoms with Crippen molar-refractivity contribution in [3.05, 3.63) is 83.1 Å². The fourth-order valence-electron chi connectivity index (χ4n) is 6.18. The van der Waals surface area contributed by atoms with Gasteiger partial charge in [-0.1, -0.05) is 18.2 Å². The highest BCUT2D eigenvalue weighted by Crippen LogP contribution is 2.32. The van der Waals surface area contributed by atoms with Gasteiger partial charge in [0.25, 0.3) is 5.91 Å². The first-order chi connectivity index (χ1) is 21.6. The average Bonchev–Trinajstić information content (AvgIpc) is 3.32. The average molecular weight is 609 g/mol. The Morgan fingerprint density at radius 1 is 1.07 bits per heavy atom. The van der Waals surface area contributed by atoms with E-state index in [1.165, 1.54) is 10.9 Å². The number of para-hydroxylation sites is 1. The molecule has 2 aliphatic rings. The molecule has 1 amide bonds. The molecule has 2 aromatic heterocycles. The first-order valence-corrected chi connectivity index (χ1v) is 15.1. The molecule has 1 aliphatic carbocycles. The number of hydrogen-bond donors (Lipinski definition) is 3. The van der Waals surface area contributed by atoms with Gasteiger partial charge in [-0.15, -0.1) is 0 Å². The molecule has 1 saturated heterocycles. The molecule has 0 unspecified atom stereocenters. The zero-order valence-electron chi connectivity index (χ0n) is 25.3. The number of fused-ring (bicyclic) bond motifs is 1. The standard InChI is InChI=1S/C33H36N8O4/c1-33(2,39-18-25(42)19-39)16-21(17-34)31(43)38-22-8-10-24(11-9-22)41-30-28(29(35)36-20-37-30)40(32(41)44)23-12-14-27(15-13-23)45-26-6-4-3-5-7-26/h3-7,12-16,20,22,24-25,42H,8-11,18-19H2,1-2H3,(H,38,43)(H2,35,36,37)/b21-16+. The maximum atomic E-state index is 14.0. The molecule has 0 spiro atoms. The molecule has 1 saturated carbocycles. The third kappa shape index (κ3) is 6.05. The number of ether oxygens (including phenoxy) is 1. The van der Waals surface area contributed by atoms with Gasteiger partial charge in [-0.2, -0.15) is 5.26 Å². The van der Waals surface area contributed by atoms with Crippen LogP contribution in [0.5, 0.6) is 11.5 Å². The fourth-order valence-corrected chi connectivity index (χ4v) is 6.18. The summed E-state index contributed by atoms with van der Waals surface area (Å²) in [5.74, 6) is 1.13. The third-order valence-electron chi connectivity index (χ3n) is 8.69. The molecule has 232 valence electrons. The number of nitrogen functional groups attached to an aromatic ring is 1. The zero-order chi connectivity index (χ0) is 31.7. The van der Waals surface area contributed by atoms with Crippen LogP contribution in [0.25, 0.3) is 16.9 Å². The van der Waals surface area contributed by atoms with Crippen LogP contribution in [0.2, 0.25) is 0 Å². The third-order valence-corrected chi connectivity index (χ3v) is 8.69. The van der Waals surface area contributed by atoms with Crippen LogP contribution in [0.3, 0.4) is 0 Å². The number of likely N-dealkylation sites (tertiary alicyclic amines) is 1. The largest absolute Gasteiger partial charge is 0.457 e. The predicted octanol–water partition coefficient (Wildman–Crippen LogP) is 3.46. The second-order valence-electron chi connectivity index (χ2n) is 12.2. The zero-order valence-corrected chi connectivity index (χ0v) is 25.3. The molecule has 6 rings (SSSR count). The number of imidazole rings is 1. The van der Waals surface area contributed by atoms with Gasteiger partial charge in [-0.3, -0.25) is 18.8 Å². The lowest BCUT2D eigenvalue weighted by Crippen LogP contribution is -2.59. The van der Waals surface area contributed by atoms with Gasteiger partial charge in [-0.05, 0) is 82.0 Å². The number of benzene rings is 2. The number of nitrogens with zero attached hydrogens (tertiary/aromatic N) is 6. The molecule has 0 bridgehead atoms. The number of carbonyl (C=O) groups excluding carboxylic acids is 1. The van der Waals surface area contributed by atoms with E-state index in [1.54, 1.807) is 34.9 Å². The number of aromatic nitrogens is 4. The number of anilines is 1. The monoisotopic (exact) mass is 608 g/mol. The van der Waals surface area contributed by atoms with Gasteiger partial charge in [0.2, 0.25) is 0 Å². The Balaban J connectivity index is 1.18. The van der Waals surface area contributed by atoms with Gasteiger partial charge in [0, 0.05) is 30.7 Å². The summed E-state index contributed by atoms with van der Waals surface area (Å²) in [4.78, 5) is 37.7. The van der Waals surface area contributed by atoms with Crippen LogP contribution in [-0.4, -0.2) is 65.8 Å². The summed E-state index contributed by atoms with van der Waals surface area (Å²) in [6.07, 6.45) is 5.15. The van der Waals surface area contributed by atoms with E-state index in [0.717, 1.165) is 0 Å². The second kappa shape index (κ2) is 12.2. The minimum absolute atomic E-state index is 0.0511. The van der Waals surface area contributed by atoms with Crippen molar-refractivity contribution < 1.29 is 14.6 Å². The highest BCUT2D eigenvalue weighted by atomic mass is 16.5. The molecule has 45 heavy (non-hydrogen) atoms. The summed E-state index contributed by atoms with van der Waals surface area (Å²) in [6, 6.07) is 18.4. The van der Waals surface area contributed by atoms with Crippen LogP contribution in [-0.2, 0) is 4.79 Å². The van der Waals surface area contributed by atoms with Crippen molar-refractivity contribution in [2.45, 2.75) is 63.3 Å². The SMILES string of the molecule is CC(C)(/C=C(\C#N)C(=O)NC1CCC(n2c(=O)n(-c3ccc(Oc4ccccc4)cc3)c3c(N)ncnc32)CC1)N1CC(O)C1. The van der Waals surface area contributed by atoms with Crippen molar-refractivity contribution >= 4 is 22.9 Å². The highest BCUT2D eigenvalue weighted by molar-refractivity contribution is 5.97. The minimum atomic E-state index is -0.534. The molecule has 12 heteroatoms. The molecular formula is C33H36N8O4. The molecule has 0 radical (unpaired) electrons. The molecule has 1 aliphatic heterocycles. The first-order valence-electron chi connectivity index (χ1n) is 15.1. The fraction of sp³-hybridized carbons (Fsp3) is 0.364. The van der Waals surface area contributed by atoms with Crippen molar-refractivity contribution in [3.63, 3.8) is 0 Å². The van der Waals surface area contributed by atoms with Crippen molar-refractivity contribution in [2.75, 3.05) is 18.8 Å². The molecule has 2 aromatic carbocycles. The Morgan fingerprint density at radius 2 is 1.73 bits per heavy atom. The molecule has 0 atom stereocenters. The first kappa shape index (κ1) is 30.1. The summed E-state index contributed by atoms with van der Waals surface area (Å²) in [5, 5.41) is 22.4. The number of nitrogens with two attached hydrogens (primary N) is 1. The van der Waals surface area contributed by atoms with E-state index < -0.39 is 11.4 Å². The van der Waals surface area contributed by atoms with E-state index >= 15 is 0 Å². The topological polar surface area (TPSA) is 164 Å². The van der Waals surface area contributed by atoms with Gasteiger partial charge >= 0.3 is 5.69 Å². The summed E-state index contributed by atoms with van der Waals surface area (Å²) in [7, 11) is 0. The quantitative estimate of drug-likeness (QED) is 0.201. The number of rotatable bonds is 8. The van der Waals surface area contributed by atoms with Crippen molar-refractivity contribution in [1.82, 2.24) is 29.3 Å². The number of hydrogen-bond acceptors (Lipinski definition) is 9. The Bertz CT molecular complexity index is 1820. The number of aliphatic hydroxyl groups is 1. The van der Waals surface area contributed by atoms with E-state index in [1.807, 2.05) is 55.1 Å². The normalized spacial score (nSPS) is 19.6. The van der Waals surface area contributed by atoms with Crippen molar-refractivity contribution in [1.29, 1.82) is 5.26 Å². The number of nitriles is 1. The van der Waals surface area contributed by atoms with E-state index in [4.69, 9.17) is 10.5 Å². The maximum absolute atomic E-state index is 14.0. The number of carbonyl (C=O) groups is 1. The highest BCUT2D eigenvalue weighted by Gasteiger charge is 2.36. The Hall–Kier alpha value is -4.99. The Kier molecular flexibility index (Phi) is 8.14. The minimum Gasteiger partial charge on any atom is -0.457 e. The lowest BCUT2D eigenvalue weighted by atomic mass is 9.90. The van der Waals surface area contributed by atoms with E-state index in [9.17, 15) is 20.0 Å². The Morgan fingerprint density at radius 3 is 2.38 bits per heavy atom. The molecule has 12 nitrogen and oxygen atoms in total. The molecular weight excluding hydrogens is 572 g/mol. The number of amides is 1. The summed E-state index contributed by atoms with van der Waals surface area (Å²) < 4.78 is 9.13. The van der Waals surface area contributed by atoms with Gasteiger partial charge in [0.15, 0.2) is 11.5 Å². The van der Waals surface area contributed by atoms with E-state index in [2.05, 4.69) is 15.3 Å².